The molecule has 1 aromatic carbocycles. The number of hydrogen-bond acceptors (Lipinski definition) is 6. The van der Waals surface area contributed by atoms with E-state index in [-0.39, 0.29) is 48.4 Å². The zero-order valence-corrected chi connectivity index (χ0v) is 10.7. The third-order valence-corrected chi connectivity index (χ3v) is 3.02. The van der Waals surface area contributed by atoms with Crippen molar-refractivity contribution < 1.29 is 24.0 Å². The van der Waals surface area contributed by atoms with Crippen LogP contribution in [0.5, 0.6) is 5.75 Å². The van der Waals surface area contributed by atoms with Crippen LogP contribution in [0.3, 0.4) is 0 Å². The SMILES string of the molecule is CC1COc2cc(C(N)=NO)cc(F)c2CN1OC=O. The molecule has 3 N–H and O–H groups in total. The quantitative estimate of drug-likeness (QED) is 0.277. The first-order chi connectivity index (χ1) is 9.56. The van der Waals surface area contributed by atoms with E-state index in [0.29, 0.717) is 0 Å². The number of fused-ring (bicyclic) bond motifs is 1. The van der Waals surface area contributed by atoms with Crippen LogP contribution in [0.4, 0.5) is 4.39 Å². The molecule has 1 heterocycles. The summed E-state index contributed by atoms with van der Waals surface area (Å²) in [5.74, 6) is -0.526. The number of amidine groups is 1. The standard InChI is InChI=1S/C12H14FN3O4/c1-7-5-19-11-3-8(12(14)15-18)2-10(13)9(11)4-16(7)20-6-17/h2-3,6-7,18H,4-5H2,1H3,(H2,14,15). The molecule has 0 bridgehead atoms. The summed E-state index contributed by atoms with van der Waals surface area (Å²) in [4.78, 5) is 15.3. The van der Waals surface area contributed by atoms with Crippen molar-refractivity contribution in [1.82, 2.24) is 5.06 Å². The third-order valence-electron chi connectivity index (χ3n) is 3.02. The van der Waals surface area contributed by atoms with Gasteiger partial charge in [-0.3, -0.25) is 4.79 Å². The van der Waals surface area contributed by atoms with E-state index in [0.717, 1.165) is 6.07 Å². The van der Waals surface area contributed by atoms with Crippen LogP contribution in [0.1, 0.15) is 18.1 Å². The maximum absolute atomic E-state index is 14.1. The third kappa shape index (κ3) is 2.64. The van der Waals surface area contributed by atoms with Gasteiger partial charge < -0.3 is 20.5 Å². The van der Waals surface area contributed by atoms with E-state index < -0.39 is 5.82 Å². The Balaban J connectivity index is 2.41. The Kier molecular flexibility index (Phi) is 4.04. The summed E-state index contributed by atoms with van der Waals surface area (Å²) in [5, 5.41) is 12.8. The summed E-state index contributed by atoms with van der Waals surface area (Å²) in [6.07, 6.45) is 0. The summed E-state index contributed by atoms with van der Waals surface area (Å²) in [7, 11) is 0. The molecule has 0 aromatic heterocycles. The molecule has 1 aliphatic heterocycles. The number of hydroxylamine groups is 2. The molecule has 0 aliphatic carbocycles. The molecule has 1 unspecified atom stereocenters. The van der Waals surface area contributed by atoms with Gasteiger partial charge in [0.05, 0.1) is 12.6 Å². The Morgan fingerprint density at radius 3 is 3.10 bits per heavy atom. The minimum Gasteiger partial charge on any atom is -0.491 e. The fourth-order valence-electron chi connectivity index (χ4n) is 1.90. The van der Waals surface area contributed by atoms with Gasteiger partial charge in [0.25, 0.3) is 0 Å². The van der Waals surface area contributed by atoms with E-state index in [4.69, 9.17) is 20.5 Å². The Hall–Kier alpha value is -2.35. The number of nitrogens with two attached hydrogens (primary N) is 1. The maximum atomic E-state index is 14.1. The normalized spacial score (nSPS) is 19.7. The number of ether oxygens (including phenoxy) is 1. The van der Waals surface area contributed by atoms with Crippen LogP contribution in [0, 0.1) is 5.82 Å². The average Bonchev–Trinajstić information content (AvgIpc) is 2.59. The van der Waals surface area contributed by atoms with Gasteiger partial charge >= 0.3 is 6.47 Å². The van der Waals surface area contributed by atoms with E-state index >= 15 is 0 Å². The Morgan fingerprint density at radius 2 is 2.45 bits per heavy atom. The molecule has 0 spiro atoms. The van der Waals surface area contributed by atoms with Gasteiger partial charge in [0.1, 0.15) is 18.2 Å². The lowest BCUT2D eigenvalue weighted by Crippen LogP contribution is -2.34. The highest BCUT2D eigenvalue weighted by Crippen LogP contribution is 2.29. The molecule has 0 radical (unpaired) electrons. The molecule has 7 nitrogen and oxygen atoms in total. The van der Waals surface area contributed by atoms with Crippen molar-refractivity contribution in [3.05, 3.63) is 29.1 Å². The molecule has 0 amide bonds. The lowest BCUT2D eigenvalue weighted by Gasteiger charge is -2.21. The fourth-order valence-corrected chi connectivity index (χ4v) is 1.90. The summed E-state index contributed by atoms with van der Waals surface area (Å²) >= 11 is 0. The first-order valence-electron chi connectivity index (χ1n) is 5.87. The van der Waals surface area contributed by atoms with Gasteiger partial charge in [0.15, 0.2) is 5.84 Å². The van der Waals surface area contributed by atoms with Gasteiger partial charge in [0, 0.05) is 11.1 Å². The van der Waals surface area contributed by atoms with E-state index in [1.54, 1.807) is 6.92 Å². The first kappa shape index (κ1) is 14.1. The second kappa shape index (κ2) is 5.74. The number of carbonyl (C=O) groups is 1. The van der Waals surface area contributed by atoms with Gasteiger partial charge in [-0.1, -0.05) is 5.16 Å². The molecule has 108 valence electrons. The van der Waals surface area contributed by atoms with Gasteiger partial charge in [-0.2, -0.15) is 0 Å². The smallest absolute Gasteiger partial charge is 0.313 e. The van der Waals surface area contributed by atoms with Gasteiger partial charge in [-0.05, 0) is 19.1 Å². The fraction of sp³-hybridized carbons (Fsp3) is 0.333. The van der Waals surface area contributed by atoms with Crippen LogP contribution < -0.4 is 10.5 Å². The van der Waals surface area contributed by atoms with Gasteiger partial charge in [-0.25, -0.2) is 4.39 Å². The minimum atomic E-state index is -0.585. The van der Waals surface area contributed by atoms with Crippen molar-refractivity contribution in [1.29, 1.82) is 0 Å². The van der Waals surface area contributed by atoms with Crippen LogP contribution in [0.2, 0.25) is 0 Å². The predicted octanol–water partition coefficient (Wildman–Crippen LogP) is 0.591. The number of nitrogens with zero attached hydrogens (tertiary/aromatic N) is 2. The Bertz CT molecular complexity index is 550. The molecule has 1 aromatic rings. The van der Waals surface area contributed by atoms with Crippen molar-refractivity contribution in [2.75, 3.05) is 6.61 Å². The summed E-state index contributed by atoms with van der Waals surface area (Å²) in [5.41, 5.74) is 5.88. The molecule has 2 rings (SSSR count). The van der Waals surface area contributed by atoms with Crippen molar-refractivity contribution in [3.63, 3.8) is 0 Å². The predicted molar refractivity (Wildman–Crippen MR) is 66.6 cm³/mol. The molecular formula is C12H14FN3O4. The zero-order valence-electron chi connectivity index (χ0n) is 10.7. The van der Waals surface area contributed by atoms with E-state index in [2.05, 4.69) is 5.16 Å². The second-order valence-corrected chi connectivity index (χ2v) is 4.36. The average molecular weight is 283 g/mol. The largest absolute Gasteiger partial charge is 0.491 e. The van der Waals surface area contributed by atoms with E-state index in [1.807, 2.05) is 0 Å². The van der Waals surface area contributed by atoms with Crippen molar-refractivity contribution >= 4 is 12.3 Å². The molecule has 0 fully saturated rings. The lowest BCUT2D eigenvalue weighted by atomic mass is 10.1. The number of benzene rings is 1. The van der Waals surface area contributed by atoms with E-state index in [9.17, 15) is 9.18 Å². The van der Waals surface area contributed by atoms with Crippen LogP contribution >= 0.6 is 0 Å². The number of halogens is 1. The number of oxime groups is 1. The molecule has 1 aliphatic rings. The Morgan fingerprint density at radius 1 is 1.70 bits per heavy atom. The van der Waals surface area contributed by atoms with Crippen molar-refractivity contribution in [2.24, 2.45) is 10.9 Å². The van der Waals surface area contributed by atoms with Crippen LogP contribution in [-0.2, 0) is 16.2 Å². The highest BCUT2D eigenvalue weighted by atomic mass is 19.1. The molecular weight excluding hydrogens is 269 g/mol. The summed E-state index contributed by atoms with van der Waals surface area (Å²) < 4.78 is 19.6. The molecule has 20 heavy (non-hydrogen) atoms. The topological polar surface area (TPSA) is 97.4 Å². The Labute approximate surface area is 114 Å². The summed E-state index contributed by atoms with van der Waals surface area (Å²) in [6.45, 7) is 2.32. The number of hydrogen-bond donors (Lipinski definition) is 2. The molecule has 8 heteroatoms. The number of rotatable bonds is 3. The minimum absolute atomic E-state index is 0.0531. The molecule has 1 atom stereocenters. The zero-order chi connectivity index (χ0) is 14.7. The first-order valence-corrected chi connectivity index (χ1v) is 5.87. The van der Waals surface area contributed by atoms with Crippen molar-refractivity contribution in [3.8, 4) is 5.75 Å². The lowest BCUT2D eigenvalue weighted by molar-refractivity contribution is -0.189. The van der Waals surface area contributed by atoms with Crippen LogP contribution in [0.15, 0.2) is 17.3 Å². The summed E-state index contributed by atoms with van der Waals surface area (Å²) in [6, 6.07) is 2.37. The highest BCUT2D eigenvalue weighted by Gasteiger charge is 2.26. The molecule has 0 saturated heterocycles. The van der Waals surface area contributed by atoms with Gasteiger partial charge in [0.2, 0.25) is 0 Å². The number of carbonyl (C=O) groups excluding carboxylic acids is 1. The van der Waals surface area contributed by atoms with Crippen LogP contribution in [0.25, 0.3) is 0 Å². The van der Waals surface area contributed by atoms with Crippen LogP contribution in [-0.4, -0.2) is 35.2 Å². The van der Waals surface area contributed by atoms with Gasteiger partial charge in [-0.15, -0.1) is 5.06 Å². The molecule has 0 saturated carbocycles. The van der Waals surface area contributed by atoms with E-state index in [1.165, 1.54) is 11.1 Å². The second-order valence-electron chi connectivity index (χ2n) is 4.36. The highest BCUT2D eigenvalue weighted by molar-refractivity contribution is 5.97. The monoisotopic (exact) mass is 283 g/mol. The maximum Gasteiger partial charge on any atom is 0.313 e. The van der Waals surface area contributed by atoms with Crippen molar-refractivity contribution in [2.45, 2.75) is 19.5 Å².